The quantitative estimate of drug-likeness (QED) is 0.155. The van der Waals surface area contributed by atoms with E-state index >= 15 is 0 Å². The summed E-state index contributed by atoms with van der Waals surface area (Å²) < 4.78 is 14.6. The average molecular weight is 891 g/mol. The van der Waals surface area contributed by atoms with Crippen molar-refractivity contribution in [3.63, 3.8) is 0 Å². The Bertz CT molecular complexity index is 3430. The molecule has 7 aromatic rings. The number of para-hydroxylation sites is 3. The third-order valence-electron chi connectivity index (χ3n) is 15.7. The fraction of sp³-hybridized carbons (Fsp3) is 0.281. The maximum atomic E-state index is 7.32. The third kappa shape index (κ3) is 6.32. The number of benzene rings is 7. The Labute approximate surface area is 402 Å². The van der Waals surface area contributed by atoms with Crippen molar-refractivity contribution in [1.29, 1.82) is 0 Å². The molecule has 3 aliphatic carbocycles. The highest BCUT2D eigenvalue weighted by Gasteiger charge is 2.50. The van der Waals surface area contributed by atoms with Crippen molar-refractivity contribution < 1.29 is 9.47 Å². The maximum Gasteiger partial charge on any atom is 0.152 e. The van der Waals surface area contributed by atoms with Gasteiger partial charge in [-0.05, 0) is 124 Å². The second-order valence-corrected chi connectivity index (χ2v) is 22.4. The number of anilines is 4. The standard InChI is InChI=1S/C64H62N2O2/c1-38-26-33-51(40(3)37-38)65(54-24-14-19-44-43-18-13-20-47(62(4,5)6)58(43)67-59(44)54)52-34-29-41-28-32-46-53(35-30-42-27-31-45(52)56(41)57(42)46)66(50-23-12-11-17-39(50)2)55-25-16-36-64(10)49-22-15-21-48(63(7,8)9)60(49)68-61(55)64/h11-36,38,43,58,61H,37H2,1-10H3. The molecule has 4 heteroatoms. The van der Waals surface area contributed by atoms with Gasteiger partial charge < -0.3 is 19.3 Å². The van der Waals surface area contributed by atoms with E-state index in [0.29, 0.717) is 5.92 Å². The molecule has 0 saturated heterocycles. The Morgan fingerprint density at radius 3 is 1.99 bits per heavy atom. The van der Waals surface area contributed by atoms with Gasteiger partial charge in [0.2, 0.25) is 0 Å². The van der Waals surface area contributed by atoms with Crippen LogP contribution in [0.2, 0.25) is 0 Å². The number of allylic oxidation sites excluding steroid dienone is 7. The summed E-state index contributed by atoms with van der Waals surface area (Å²) in [5.74, 6) is 2.63. The van der Waals surface area contributed by atoms with Crippen molar-refractivity contribution in [2.75, 3.05) is 9.80 Å². The smallest absolute Gasteiger partial charge is 0.152 e. The van der Waals surface area contributed by atoms with Gasteiger partial charge in [0.15, 0.2) is 6.10 Å². The van der Waals surface area contributed by atoms with E-state index in [1.807, 2.05) is 0 Å². The summed E-state index contributed by atoms with van der Waals surface area (Å²) in [5.41, 5.74) is 14.1. The monoisotopic (exact) mass is 890 g/mol. The van der Waals surface area contributed by atoms with Gasteiger partial charge in [-0.1, -0.05) is 170 Å². The van der Waals surface area contributed by atoms with Crippen molar-refractivity contribution in [2.45, 2.75) is 105 Å². The zero-order chi connectivity index (χ0) is 47.0. The Morgan fingerprint density at radius 2 is 1.29 bits per heavy atom. The molecule has 0 radical (unpaired) electrons. The SMILES string of the molecule is CC1=C(N(c2cccc3c2OC2C(C(C)(C)C)=CC=CC32)c2ccc3ccc4c(N(C5=CC=CC6(C)c7cccc(C(C)(C)C)c7OC56)c5ccccc5C)ccc5ccc2c3c54)C=CC(C)C1. The summed E-state index contributed by atoms with van der Waals surface area (Å²) in [5, 5.41) is 7.40. The average Bonchev–Trinajstić information content (AvgIpc) is 3.85. The molecule has 0 N–H and O–H groups in total. The Balaban J connectivity index is 1.06. The van der Waals surface area contributed by atoms with Crippen LogP contribution in [0, 0.1) is 18.3 Å². The maximum absolute atomic E-state index is 7.32. The fourth-order valence-electron chi connectivity index (χ4n) is 12.3. The molecule has 2 heterocycles. The molecular weight excluding hydrogens is 829 g/mol. The lowest BCUT2D eigenvalue weighted by Gasteiger charge is -2.39. The lowest BCUT2D eigenvalue weighted by atomic mass is 9.73. The van der Waals surface area contributed by atoms with E-state index in [9.17, 15) is 0 Å². The molecule has 340 valence electrons. The molecule has 5 aliphatic rings. The van der Waals surface area contributed by atoms with Crippen LogP contribution in [-0.2, 0) is 10.8 Å². The van der Waals surface area contributed by atoms with Crippen LogP contribution in [0.1, 0.15) is 96.9 Å². The first-order valence-corrected chi connectivity index (χ1v) is 24.7. The molecule has 0 saturated carbocycles. The highest BCUT2D eigenvalue weighted by atomic mass is 16.5. The van der Waals surface area contributed by atoms with Gasteiger partial charge >= 0.3 is 0 Å². The van der Waals surface area contributed by atoms with Crippen LogP contribution in [0.5, 0.6) is 11.5 Å². The van der Waals surface area contributed by atoms with Crippen molar-refractivity contribution in [1.82, 2.24) is 0 Å². The van der Waals surface area contributed by atoms with Gasteiger partial charge in [-0.3, -0.25) is 0 Å². The minimum Gasteiger partial charge on any atom is -0.483 e. The summed E-state index contributed by atoms with van der Waals surface area (Å²) >= 11 is 0. The number of hydrogen-bond acceptors (Lipinski definition) is 4. The number of hydrogen-bond donors (Lipinski definition) is 0. The van der Waals surface area contributed by atoms with E-state index in [1.165, 1.54) is 71.4 Å². The molecule has 0 bridgehead atoms. The van der Waals surface area contributed by atoms with Gasteiger partial charge in [0, 0.05) is 39.2 Å². The van der Waals surface area contributed by atoms with Crippen molar-refractivity contribution >= 4 is 55.1 Å². The molecule has 0 fully saturated rings. The molecule has 7 aromatic carbocycles. The van der Waals surface area contributed by atoms with Crippen LogP contribution in [0.4, 0.5) is 22.7 Å². The zero-order valence-corrected chi connectivity index (χ0v) is 41.2. The predicted octanol–water partition coefficient (Wildman–Crippen LogP) is 16.9. The van der Waals surface area contributed by atoms with Crippen LogP contribution in [0.25, 0.3) is 32.3 Å². The normalized spacial score (nSPS) is 22.7. The van der Waals surface area contributed by atoms with Gasteiger partial charge in [0.25, 0.3) is 0 Å². The minimum atomic E-state index is -0.359. The first-order valence-electron chi connectivity index (χ1n) is 24.7. The van der Waals surface area contributed by atoms with Gasteiger partial charge in [0.1, 0.15) is 17.6 Å². The van der Waals surface area contributed by atoms with E-state index in [2.05, 4.69) is 237 Å². The second kappa shape index (κ2) is 15.1. The van der Waals surface area contributed by atoms with Crippen molar-refractivity contribution in [2.24, 2.45) is 11.3 Å². The molecule has 2 aliphatic heterocycles. The number of ether oxygens (including phenoxy) is 2. The van der Waals surface area contributed by atoms with Crippen LogP contribution in [0.3, 0.4) is 0 Å². The molecule has 0 amide bonds. The van der Waals surface area contributed by atoms with Crippen molar-refractivity contribution in [3.05, 3.63) is 203 Å². The van der Waals surface area contributed by atoms with Crippen LogP contribution < -0.4 is 19.3 Å². The first-order chi connectivity index (χ1) is 32.6. The van der Waals surface area contributed by atoms with Gasteiger partial charge in [-0.2, -0.15) is 0 Å². The fourth-order valence-corrected chi connectivity index (χ4v) is 12.3. The van der Waals surface area contributed by atoms with E-state index in [4.69, 9.17) is 9.47 Å². The number of rotatable bonds is 6. The Kier molecular flexibility index (Phi) is 9.46. The van der Waals surface area contributed by atoms with Crippen LogP contribution in [0.15, 0.2) is 180 Å². The first kappa shape index (κ1) is 42.6. The molecular formula is C64H62N2O2. The molecule has 4 nitrogen and oxygen atoms in total. The van der Waals surface area contributed by atoms with Gasteiger partial charge in [-0.25, -0.2) is 0 Å². The lowest BCUT2D eigenvalue weighted by Crippen LogP contribution is -2.42. The van der Waals surface area contributed by atoms with Crippen molar-refractivity contribution in [3.8, 4) is 11.5 Å². The number of nitrogens with zero attached hydrogens (tertiary/aromatic N) is 2. The molecule has 12 rings (SSSR count). The number of fused-ring (bicyclic) bond motifs is 6. The molecule has 5 unspecified atom stereocenters. The highest BCUT2D eigenvalue weighted by molar-refractivity contribution is 6.28. The summed E-state index contributed by atoms with van der Waals surface area (Å²) in [6.45, 7) is 23.0. The number of aryl methyl sites for hydroxylation is 1. The second-order valence-electron chi connectivity index (χ2n) is 22.4. The molecule has 0 aromatic heterocycles. The highest BCUT2D eigenvalue weighted by Crippen LogP contribution is 2.57. The summed E-state index contributed by atoms with van der Waals surface area (Å²) in [6.07, 6.45) is 19.2. The van der Waals surface area contributed by atoms with Crippen LogP contribution in [-0.4, -0.2) is 12.2 Å². The summed E-state index contributed by atoms with van der Waals surface area (Å²) in [7, 11) is 0. The predicted molar refractivity (Wildman–Crippen MR) is 286 cm³/mol. The third-order valence-corrected chi connectivity index (χ3v) is 15.7. The van der Waals surface area contributed by atoms with Crippen LogP contribution >= 0.6 is 0 Å². The minimum absolute atomic E-state index is 0.0224. The Morgan fingerprint density at radius 1 is 0.618 bits per heavy atom. The van der Waals surface area contributed by atoms with Gasteiger partial charge in [0.05, 0.1) is 28.2 Å². The van der Waals surface area contributed by atoms with Gasteiger partial charge in [-0.15, -0.1) is 0 Å². The summed E-state index contributed by atoms with van der Waals surface area (Å²) in [4.78, 5) is 5.02. The molecule has 0 spiro atoms. The zero-order valence-electron chi connectivity index (χ0n) is 41.2. The Hall–Kier alpha value is -6.78. The molecule has 68 heavy (non-hydrogen) atoms. The topological polar surface area (TPSA) is 24.9 Å². The van der Waals surface area contributed by atoms with E-state index in [0.717, 1.165) is 46.4 Å². The largest absolute Gasteiger partial charge is 0.483 e. The lowest BCUT2D eigenvalue weighted by molar-refractivity contribution is 0.210. The van der Waals surface area contributed by atoms with E-state index in [1.54, 1.807) is 0 Å². The van der Waals surface area contributed by atoms with E-state index in [-0.39, 0.29) is 34.4 Å². The van der Waals surface area contributed by atoms with E-state index < -0.39 is 0 Å². The molecule has 5 atom stereocenters. The summed E-state index contributed by atoms with van der Waals surface area (Å²) in [6, 6.07) is 41.1.